The van der Waals surface area contributed by atoms with E-state index in [9.17, 15) is 4.79 Å². The Morgan fingerprint density at radius 1 is 1.31 bits per heavy atom. The van der Waals surface area contributed by atoms with Crippen LogP contribution < -0.4 is 5.32 Å². The van der Waals surface area contributed by atoms with Crippen LogP contribution in [0.3, 0.4) is 0 Å². The maximum absolute atomic E-state index is 10.6. The molecule has 1 rings (SSSR count). The summed E-state index contributed by atoms with van der Waals surface area (Å²) in [5.41, 5.74) is 2.22. The van der Waals surface area contributed by atoms with Gasteiger partial charge in [-0.05, 0) is 26.0 Å². The SMILES string of the molecule is CC(=O)CNc1ccc(C)cc1.O. The predicted molar refractivity (Wildman–Crippen MR) is 54.0 cm³/mol. The van der Waals surface area contributed by atoms with Gasteiger partial charge in [0.1, 0.15) is 5.78 Å². The number of rotatable bonds is 3. The molecule has 0 aliphatic rings. The van der Waals surface area contributed by atoms with E-state index in [0.29, 0.717) is 6.54 Å². The van der Waals surface area contributed by atoms with Crippen LogP contribution in [0.5, 0.6) is 0 Å². The van der Waals surface area contributed by atoms with E-state index in [1.165, 1.54) is 5.56 Å². The monoisotopic (exact) mass is 181 g/mol. The number of hydrogen-bond acceptors (Lipinski definition) is 2. The van der Waals surface area contributed by atoms with E-state index in [0.717, 1.165) is 5.69 Å². The van der Waals surface area contributed by atoms with Crippen LogP contribution in [0.2, 0.25) is 0 Å². The van der Waals surface area contributed by atoms with E-state index in [1.807, 2.05) is 31.2 Å². The first kappa shape index (κ1) is 11.6. The average Bonchev–Trinajstić information content (AvgIpc) is 2.03. The van der Waals surface area contributed by atoms with Crippen molar-refractivity contribution in [3.8, 4) is 0 Å². The van der Waals surface area contributed by atoms with Crippen molar-refractivity contribution in [1.82, 2.24) is 0 Å². The van der Waals surface area contributed by atoms with Gasteiger partial charge in [0.15, 0.2) is 0 Å². The highest BCUT2D eigenvalue weighted by Crippen LogP contribution is 2.07. The van der Waals surface area contributed by atoms with Crippen molar-refractivity contribution in [2.24, 2.45) is 0 Å². The molecule has 0 spiro atoms. The third-order valence-electron chi connectivity index (χ3n) is 1.59. The summed E-state index contributed by atoms with van der Waals surface area (Å²) < 4.78 is 0. The van der Waals surface area contributed by atoms with Crippen molar-refractivity contribution < 1.29 is 10.3 Å². The molecule has 0 saturated heterocycles. The summed E-state index contributed by atoms with van der Waals surface area (Å²) in [6.45, 7) is 4.01. The topological polar surface area (TPSA) is 60.6 Å². The maximum atomic E-state index is 10.6. The molecule has 1 aromatic rings. The Balaban J connectivity index is 0.00000144. The summed E-state index contributed by atoms with van der Waals surface area (Å²) in [5.74, 6) is 0.149. The van der Waals surface area contributed by atoms with Gasteiger partial charge in [-0.1, -0.05) is 17.7 Å². The zero-order chi connectivity index (χ0) is 8.97. The number of nitrogens with one attached hydrogen (secondary N) is 1. The van der Waals surface area contributed by atoms with E-state index in [4.69, 9.17) is 0 Å². The molecule has 0 radical (unpaired) electrons. The molecule has 0 bridgehead atoms. The number of aryl methyl sites for hydroxylation is 1. The largest absolute Gasteiger partial charge is 0.412 e. The molecule has 13 heavy (non-hydrogen) atoms. The van der Waals surface area contributed by atoms with Gasteiger partial charge in [-0.15, -0.1) is 0 Å². The van der Waals surface area contributed by atoms with Gasteiger partial charge in [-0.25, -0.2) is 0 Å². The lowest BCUT2D eigenvalue weighted by Crippen LogP contribution is -2.09. The highest BCUT2D eigenvalue weighted by atomic mass is 16.1. The number of hydrogen-bond donors (Lipinski definition) is 1. The molecule has 1 aromatic carbocycles. The quantitative estimate of drug-likeness (QED) is 0.760. The fraction of sp³-hybridized carbons (Fsp3) is 0.300. The zero-order valence-corrected chi connectivity index (χ0v) is 7.92. The standard InChI is InChI=1S/C10H13NO.H2O/c1-8-3-5-10(6-4-8)11-7-9(2)12;/h3-6,11H,7H2,1-2H3;1H2. The van der Waals surface area contributed by atoms with Crippen molar-refractivity contribution in [3.63, 3.8) is 0 Å². The van der Waals surface area contributed by atoms with Gasteiger partial charge >= 0.3 is 0 Å². The molecule has 0 atom stereocenters. The fourth-order valence-corrected chi connectivity index (χ4v) is 0.898. The minimum Gasteiger partial charge on any atom is -0.412 e. The third kappa shape index (κ3) is 4.28. The Kier molecular flexibility index (Phi) is 4.77. The lowest BCUT2D eigenvalue weighted by Gasteiger charge is -2.03. The first-order valence-electron chi connectivity index (χ1n) is 3.98. The highest BCUT2D eigenvalue weighted by Gasteiger charge is 1.92. The predicted octanol–water partition coefficient (Wildman–Crippen LogP) is 1.17. The molecular formula is C10H15NO2. The molecule has 0 heterocycles. The lowest BCUT2D eigenvalue weighted by molar-refractivity contribution is -0.115. The Labute approximate surface area is 78.1 Å². The molecule has 3 nitrogen and oxygen atoms in total. The minimum absolute atomic E-state index is 0. The number of benzene rings is 1. The summed E-state index contributed by atoms with van der Waals surface area (Å²) in [6, 6.07) is 7.97. The third-order valence-corrected chi connectivity index (χ3v) is 1.59. The maximum Gasteiger partial charge on any atom is 0.148 e. The summed E-state index contributed by atoms with van der Waals surface area (Å²) in [7, 11) is 0. The van der Waals surface area contributed by atoms with Gasteiger partial charge < -0.3 is 10.8 Å². The van der Waals surface area contributed by atoms with Gasteiger partial charge in [0.2, 0.25) is 0 Å². The second-order valence-corrected chi connectivity index (χ2v) is 2.92. The molecule has 3 N–H and O–H groups in total. The fourth-order valence-electron chi connectivity index (χ4n) is 0.898. The van der Waals surface area contributed by atoms with Crippen LogP contribution in [0.1, 0.15) is 12.5 Å². The Morgan fingerprint density at radius 3 is 2.31 bits per heavy atom. The molecule has 0 amide bonds. The van der Waals surface area contributed by atoms with E-state index in [1.54, 1.807) is 6.92 Å². The van der Waals surface area contributed by atoms with Crippen LogP contribution >= 0.6 is 0 Å². The molecule has 3 heteroatoms. The van der Waals surface area contributed by atoms with E-state index in [2.05, 4.69) is 5.32 Å². The van der Waals surface area contributed by atoms with E-state index in [-0.39, 0.29) is 11.3 Å². The van der Waals surface area contributed by atoms with Crippen LogP contribution in [-0.4, -0.2) is 17.8 Å². The summed E-state index contributed by atoms with van der Waals surface area (Å²) >= 11 is 0. The molecule has 72 valence electrons. The van der Waals surface area contributed by atoms with Gasteiger partial charge in [-0.3, -0.25) is 4.79 Å². The number of anilines is 1. The molecule has 0 fully saturated rings. The summed E-state index contributed by atoms with van der Waals surface area (Å²) in [4.78, 5) is 10.6. The molecule has 0 aromatic heterocycles. The van der Waals surface area contributed by atoms with Crippen LogP contribution in [0.25, 0.3) is 0 Å². The van der Waals surface area contributed by atoms with Crippen molar-refractivity contribution in [1.29, 1.82) is 0 Å². The van der Waals surface area contributed by atoms with Crippen LogP contribution in [0, 0.1) is 6.92 Å². The molecule has 0 aliphatic heterocycles. The average molecular weight is 181 g/mol. The first-order valence-corrected chi connectivity index (χ1v) is 3.98. The smallest absolute Gasteiger partial charge is 0.148 e. The van der Waals surface area contributed by atoms with E-state index < -0.39 is 0 Å². The normalized spacial score (nSPS) is 8.77. The number of Topliss-reactive ketones (excluding diaryl/α,β-unsaturated/α-hetero) is 1. The Morgan fingerprint density at radius 2 is 1.85 bits per heavy atom. The van der Waals surface area contributed by atoms with Crippen LogP contribution in [0.15, 0.2) is 24.3 Å². The second-order valence-electron chi connectivity index (χ2n) is 2.92. The van der Waals surface area contributed by atoms with Crippen LogP contribution in [0.4, 0.5) is 5.69 Å². The molecular weight excluding hydrogens is 166 g/mol. The number of carbonyl (C=O) groups excluding carboxylic acids is 1. The first-order chi connectivity index (χ1) is 5.68. The second kappa shape index (κ2) is 5.32. The minimum atomic E-state index is 0. The van der Waals surface area contributed by atoms with Gasteiger partial charge in [0.25, 0.3) is 0 Å². The molecule has 0 aliphatic carbocycles. The van der Waals surface area contributed by atoms with Crippen molar-refractivity contribution in [2.75, 3.05) is 11.9 Å². The lowest BCUT2D eigenvalue weighted by atomic mass is 10.2. The zero-order valence-electron chi connectivity index (χ0n) is 7.92. The van der Waals surface area contributed by atoms with Crippen molar-refractivity contribution in [2.45, 2.75) is 13.8 Å². The number of ketones is 1. The van der Waals surface area contributed by atoms with Gasteiger partial charge in [-0.2, -0.15) is 0 Å². The van der Waals surface area contributed by atoms with Crippen molar-refractivity contribution in [3.05, 3.63) is 29.8 Å². The highest BCUT2D eigenvalue weighted by molar-refractivity contribution is 5.80. The Hall–Kier alpha value is -1.35. The van der Waals surface area contributed by atoms with Gasteiger partial charge in [0.05, 0.1) is 6.54 Å². The number of carbonyl (C=O) groups is 1. The molecule has 0 unspecified atom stereocenters. The summed E-state index contributed by atoms with van der Waals surface area (Å²) in [5, 5.41) is 3.02. The summed E-state index contributed by atoms with van der Waals surface area (Å²) in [6.07, 6.45) is 0. The Bertz CT molecular complexity index is 267. The van der Waals surface area contributed by atoms with E-state index >= 15 is 0 Å². The molecule has 0 saturated carbocycles. The van der Waals surface area contributed by atoms with Crippen LogP contribution in [-0.2, 0) is 4.79 Å². The van der Waals surface area contributed by atoms with Gasteiger partial charge in [0, 0.05) is 5.69 Å². The van der Waals surface area contributed by atoms with Crippen molar-refractivity contribution >= 4 is 11.5 Å².